The van der Waals surface area contributed by atoms with Crippen LogP contribution in [0.4, 0.5) is 17.8 Å². The minimum atomic E-state index is -0.630. The summed E-state index contributed by atoms with van der Waals surface area (Å²) < 4.78 is 1.48. The molecule has 0 spiro atoms. The lowest BCUT2D eigenvalue weighted by molar-refractivity contribution is -0.394. The summed E-state index contributed by atoms with van der Waals surface area (Å²) in [5.41, 5.74) is 1.81. The van der Waals surface area contributed by atoms with Crippen LogP contribution in [0.2, 0.25) is 0 Å². The van der Waals surface area contributed by atoms with Crippen LogP contribution >= 0.6 is 0 Å². The van der Waals surface area contributed by atoms with Gasteiger partial charge in [0.15, 0.2) is 0 Å². The van der Waals surface area contributed by atoms with Gasteiger partial charge in [-0.3, -0.25) is 5.32 Å². The normalized spacial score (nSPS) is 10.9. The Labute approximate surface area is 153 Å². The third-order valence-corrected chi connectivity index (χ3v) is 3.90. The summed E-state index contributed by atoms with van der Waals surface area (Å²) in [6.45, 7) is 0. The van der Waals surface area contributed by atoms with Gasteiger partial charge in [-0.05, 0) is 21.0 Å². The molecule has 2 heterocycles. The largest absolute Gasteiger partial charge is 0.493 e. The first-order chi connectivity index (χ1) is 13.2. The number of nitrogens with zero attached hydrogens (tertiary/aromatic N) is 6. The van der Waals surface area contributed by atoms with E-state index in [1.165, 1.54) is 11.0 Å². The van der Waals surface area contributed by atoms with E-state index in [0.29, 0.717) is 5.95 Å². The Morgan fingerprint density at radius 2 is 1.67 bits per heavy atom. The molecule has 134 valence electrons. The van der Waals surface area contributed by atoms with Crippen LogP contribution in [-0.4, -0.2) is 34.9 Å². The molecule has 0 aliphatic heterocycles. The second-order valence-corrected chi connectivity index (χ2v) is 5.62. The smallest absolute Gasteiger partial charge is 0.390 e. The fraction of sp³-hybridized carbons (Fsp3) is 0.0588. The number of nitrogens with one attached hydrogen (secondary N) is 2. The summed E-state index contributed by atoms with van der Waals surface area (Å²) >= 11 is 0. The van der Waals surface area contributed by atoms with Crippen LogP contribution in [-0.2, 0) is 0 Å². The summed E-state index contributed by atoms with van der Waals surface area (Å²) in [5, 5.41) is 24.7. The SMILES string of the molecule is O=[N+]([O-])c1nc(Nc2ncn[nH]2)n(C(c2ccccc2)c2ccccc2)n1. The minimum Gasteiger partial charge on any atom is -0.390 e. The predicted octanol–water partition coefficient (Wildman–Crippen LogP) is 2.69. The van der Waals surface area contributed by atoms with Crippen molar-refractivity contribution in [3.05, 3.63) is 88.2 Å². The number of benzene rings is 2. The number of hydrogen-bond acceptors (Lipinski definition) is 7. The molecule has 0 amide bonds. The van der Waals surface area contributed by atoms with Crippen molar-refractivity contribution in [2.75, 3.05) is 5.32 Å². The van der Waals surface area contributed by atoms with E-state index in [9.17, 15) is 10.1 Å². The summed E-state index contributed by atoms with van der Waals surface area (Å²) in [6, 6.07) is 18.7. The van der Waals surface area contributed by atoms with Gasteiger partial charge in [-0.2, -0.15) is 10.1 Å². The number of aromatic amines is 1. The second-order valence-electron chi connectivity index (χ2n) is 5.62. The summed E-state index contributed by atoms with van der Waals surface area (Å²) in [4.78, 5) is 18.6. The van der Waals surface area contributed by atoms with Gasteiger partial charge in [-0.1, -0.05) is 60.7 Å². The van der Waals surface area contributed by atoms with E-state index in [2.05, 4.69) is 30.6 Å². The lowest BCUT2D eigenvalue weighted by Gasteiger charge is -2.17. The van der Waals surface area contributed by atoms with Gasteiger partial charge in [-0.25, -0.2) is 5.10 Å². The Kier molecular flexibility index (Phi) is 4.27. The van der Waals surface area contributed by atoms with Crippen molar-refractivity contribution < 1.29 is 4.92 Å². The number of anilines is 2. The van der Waals surface area contributed by atoms with Crippen LogP contribution in [0.25, 0.3) is 0 Å². The first-order valence-electron chi connectivity index (χ1n) is 8.05. The monoisotopic (exact) mass is 362 g/mol. The second kappa shape index (κ2) is 7.04. The van der Waals surface area contributed by atoms with Crippen molar-refractivity contribution in [3.8, 4) is 0 Å². The van der Waals surface area contributed by atoms with E-state index in [-0.39, 0.29) is 5.95 Å². The molecular weight excluding hydrogens is 348 g/mol. The van der Waals surface area contributed by atoms with Crippen molar-refractivity contribution in [2.24, 2.45) is 0 Å². The van der Waals surface area contributed by atoms with Crippen molar-refractivity contribution in [1.82, 2.24) is 29.9 Å². The molecule has 0 saturated heterocycles. The molecule has 0 saturated carbocycles. The van der Waals surface area contributed by atoms with Gasteiger partial charge in [0.1, 0.15) is 12.4 Å². The van der Waals surface area contributed by atoms with E-state index in [4.69, 9.17) is 0 Å². The van der Waals surface area contributed by atoms with Crippen LogP contribution in [0.1, 0.15) is 17.2 Å². The predicted molar refractivity (Wildman–Crippen MR) is 96.5 cm³/mol. The molecule has 0 unspecified atom stereocenters. The summed E-state index contributed by atoms with van der Waals surface area (Å²) in [7, 11) is 0. The molecule has 27 heavy (non-hydrogen) atoms. The summed E-state index contributed by atoms with van der Waals surface area (Å²) in [5.74, 6) is -0.0246. The Bertz CT molecular complexity index is 992. The van der Waals surface area contributed by atoms with Gasteiger partial charge in [0.05, 0.1) is 0 Å². The standard InChI is InChI=1S/C17H14N8O2/c26-25(27)17-21-16(20-15-18-11-19-22-15)24(23-17)14(12-7-3-1-4-8-12)13-9-5-2-6-10-13/h1-11,14H,(H2,18,19,20,21,22,23). The van der Waals surface area contributed by atoms with E-state index in [0.717, 1.165) is 11.1 Å². The third-order valence-electron chi connectivity index (χ3n) is 3.90. The highest BCUT2D eigenvalue weighted by Crippen LogP contribution is 2.30. The Morgan fingerprint density at radius 3 is 2.19 bits per heavy atom. The molecule has 0 radical (unpaired) electrons. The highest BCUT2D eigenvalue weighted by atomic mass is 16.6. The molecule has 2 aromatic carbocycles. The highest BCUT2D eigenvalue weighted by molar-refractivity contribution is 5.46. The fourth-order valence-corrected chi connectivity index (χ4v) is 2.77. The quantitative estimate of drug-likeness (QED) is 0.399. The average Bonchev–Trinajstić information content (AvgIpc) is 3.35. The lowest BCUT2D eigenvalue weighted by atomic mass is 9.99. The molecule has 4 rings (SSSR count). The fourth-order valence-electron chi connectivity index (χ4n) is 2.77. The Morgan fingerprint density at radius 1 is 1.04 bits per heavy atom. The van der Waals surface area contributed by atoms with Crippen LogP contribution in [0, 0.1) is 10.1 Å². The van der Waals surface area contributed by atoms with Crippen molar-refractivity contribution in [3.63, 3.8) is 0 Å². The Balaban J connectivity index is 1.87. The average molecular weight is 362 g/mol. The number of rotatable bonds is 6. The van der Waals surface area contributed by atoms with Gasteiger partial charge in [-0.15, -0.1) is 4.68 Å². The molecule has 2 N–H and O–H groups in total. The first kappa shape index (κ1) is 16.4. The molecular formula is C17H14N8O2. The molecule has 10 heteroatoms. The molecule has 0 atom stereocenters. The third kappa shape index (κ3) is 3.35. The van der Waals surface area contributed by atoms with Gasteiger partial charge >= 0.3 is 11.9 Å². The van der Waals surface area contributed by atoms with Crippen molar-refractivity contribution >= 4 is 17.8 Å². The van der Waals surface area contributed by atoms with Crippen LogP contribution in [0.5, 0.6) is 0 Å². The highest BCUT2D eigenvalue weighted by Gasteiger charge is 2.29. The van der Waals surface area contributed by atoms with Gasteiger partial charge in [0.2, 0.25) is 5.95 Å². The number of H-pyrrole nitrogens is 1. The maximum absolute atomic E-state index is 11.3. The first-order valence-corrected chi connectivity index (χ1v) is 8.05. The van der Waals surface area contributed by atoms with Gasteiger partial charge < -0.3 is 10.1 Å². The zero-order chi connectivity index (χ0) is 18.6. The van der Waals surface area contributed by atoms with E-state index >= 15 is 0 Å². The maximum atomic E-state index is 11.3. The number of aromatic nitrogens is 6. The van der Waals surface area contributed by atoms with E-state index in [1.807, 2.05) is 60.7 Å². The van der Waals surface area contributed by atoms with E-state index in [1.54, 1.807) is 0 Å². The van der Waals surface area contributed by atoms with Crippen molar-refractivity contribution in [1.29, 1.82) is 0 Å². The zero-order valence-corrected chi connectivity index (χ0v) is 13.9. The maximum Gasteiger partial charge on any atom is 0.493 e. The topological polar surface area (TPSA) is 127 Å². The van der Waals surface area contributed by atoms with Gasteiger partial charge in [0, 0.05) is 5.10 Å². The lowest BCUT2D eigenvalue weighted by Crippen LogP contribution is -2.16. The molecule has 2 aromatic heterocycles. The molecule has 10 nitrogen and oxygen atoms in total. The van der Waals surface area contributed by atoms with Crippen LogP contribution in [0.3, 0.4) is 0 Å². The number of hydrogen-bond donors (Lipinski definition) is 2. The zero-order valence-electron chi connectivity index (χ0n) is 13.9. The van der Waals surface area contributed by atoms with E-state index < -0.39 is 16.9 Å². The van der Waals surface area contributed by atoms with Crippen LogP contribution < -0.4 is 5.32 Å². The Hall–Kier alpha value is -4.08. The van der Waals surface area contributed by atoms with Crippen molar-refractivity contribution in [2.45, 2.75) is 6.04 Å². The molecule has 4 aromatic rings. The van der Waals surface area contributed by atoms with Gasteiger partial charge in [0.25, 0.3) is 0 Å². The summed E-state index contributed by atoms with van der Waals surface area (Å²) in [6.07, 6.45) is 1.32. The molecule has 0 bridgehead atoms. The minimum absolute atomic E-state index is 0.177. The molecule has 0 fully saturated rings. The van der Waals surface area contributed by atoms with Crippen LogP contribution in [0.15, 0.2) is 67.0 Å². The molecule has 0 aliphatic carbocycles. The number of nitro groups is 1. The molecule has 0 aliphatic rings.